The van der Waals surface area contributed by atoms with E-state index in [2.05, 4.69) is 31.4 Å². The Hall–Kier alpha value is -2.32. The Kier molecular flexibility index (Phi) is 6.30. The maximum atomic E-state index is 12.1. The van der Waals surface area contributed by atoms with Gasteiger partial charge in [0.05, 0.1) is 12.9 Å². The molecule has 8 heteroatoms. The Labute approximate surface area is 164 Å². The summed E-state index contributed by atoms with van der Waals surface area (Å²) in [5.41, 5.74) is 1.95. The van der Waals surface area contributed by atoms with E-state index < -0.39 is 0 Å². The predicted octanol–water partition coefficient (Wildman–Crippen LogP) is 3.45. The minimum Gasteiger partial charge on any atom is -0.497 e. The summed E-state index contributed by atoms with van der Waals surface area (Å²) in [7, 11) is 1.63. The summed E-state index contributed by atoms with van der Waals surface area (Å²) in [5, 5.41) is 11.6. The topological polar surface area (TPSA) is 69.0 Å². The summed E-state index contributed by atoms with van der Waals surface area (Å²) in [4.78, 5) is 12.1. The van der Waals surface area contributed by atoms with E-state index in [1.165, 1.54) is 11.8 Å². The maximum absolute atomic E-state index is 12.1. The molecule has 6 nitrogen and oxygen atoms in total. The van der Waals surface area contributed by atoms with Crippen molar-refractivity contribution in [2.75, 3.05) is 12.9 Å². The molecule has 26 heavy (non-hydrogen) atoms. The second-order valence-electron chi connectivity index (χ2n) is 5.38. The van der Waals surface area contributed by atoms with Gasteiger partial charge in [0.2, 0.25) is 5.91 Å². The highest BCUT2D eigenvalue weighted by molar-refractivity contribution is 9.10. The van der Waals surface area contributed by atoms with Crippen LogP contribution < -0.4 is 10.1 Å². The summed E-state index contributed by atoms with van der Waals surface area (Å²) >= 11 is 4.76. The Morgan fingerprint density at radius 2 is 2.08 bits per heavy atom. The molecule has 0 aliphatic carbocycles. The molecule has 0 saturated heterocycles. The number of halogens is 1. The number of nitrogens with zero attached hydrogens (tertiary/aromatic N) is 3. The average Bonchev–Trinajstić information content (AvgIpc) is 3.13. The van der Waals surface area contributed by atoms with Crippen LogP contribution in [0.25, 0.3) is 5.69 Å². The highest BCUT2D eigenvalue weighted by Crippen LogP contribution is 2.21. The van der Waals surface area contributed by atoms with Gasteiger partial charge >= 0.3 is 0 Å². The highest BCUT2D eigenvalue weighted by Gasteiger charge is 2.10. The molecule has 0 bridgehead atoms. The third kappa shape index (κ3) is 4.86. The lowest BCUT2D eigenvalue weighted by atomic mass is 10.2. The Morgan fingerprint density at radius 1 is 1.27 bits per heavy atom. The van der Waals surface area contributed by atoms with Crippen molar-refractivity contribution in [1.29, 1.82) is 0 Å². The fourth-order valence-corrected chi connectivity index (χ4v) is 3.48. The fourth-order valence-electron chi connectivity index (χ4n) is 2.27. The van der Waals surface area contributed by atoms with Crippen LogP contribution in [-0.4, -0.2) is 33.5 Å². The van der Waals surface area contributed by atoms with E-state index in [1.54, 1.807) is 13.4 Å². The molecule has 1 amide bonds. The van der Waals surface area contributed by atoms with Crippen LogP contribution in [0.3, 0.4) is 0 Å². The first-order valence-corrected chi connectivity index (χ1v) is 9.62. The lowest BCUT2D eigenvalue weighted by Crippen LogP contribution is -2.24. The van der Waals surface area contributed by atoms with Crippen LogP contribution in [0, 0.1) is 0 Å². The largest absolute Gasteiger partial charge is 0.497 e. The average molecular weight is 433 g/mol. The first kappa shape index (κ1) is 18.5. The van der Waals surface area contributed by atoms with Crippen LogP contribution in [0.5, 0.6) is 5.75 Å². The second kappa shape index (κ2) is 8.86. The van der Waals surface area contributed by atoms with Crippen molar-refractivity contribution in [2.24, 2.45) is 0 Å². The Balaban J connectivity index is 1.56. The number of amides is 1. The predicted molar refractivity (Wildman–Crippen MR) is 105 cm³/mol. The number of benzene rings is 2. The van der Waals surface area contributed by atoms with Crippen LogP contribution in [0.1, 0.15) is 5.56 Å². The first-order chi connectivity index (χ1) is 12.7. The standard InChI is InChI=1S/C18H17BrN4O2S/c1-25-16-7-5-15(6-8-16)23-12-21-22-18(23)26-11-17(24)20-10-13-3-2-4-14(19)9-13/h2-9,12H,10-11H2,1H3,(H,20,24). The van der Waals surface area contributed by atoms with E-state index in [1.807, 2.05) is 53.1 Å². The number of carbonyl (C=O) groups is 1. The van der Waals surface area contributed by atoms with E-state index in [9.17, 15) is 4.79 Å². The van der Waals surface area contributed by atoms with E-state index in [4.69, 9.17) is 4.74 Å². The molecule has 134 valence electrons. The zero-order chi connectivity index (χ0) is 18.4. The van der Waals surface area contributed by atoms with E-state index in [-0.39, 0.29) is 11.7 Å². The van der Waals surface area contributed by atoms with Crippen LogP contribution in [0.15, 0.2) is 64.5 Å². The minimum atomic E-state index is -0.0562. The number of ether oxygens (including phenoxy) is 1. The number of aromatic nitrogens is 3. The minimum absolute atomic E-state index is 0.0562. The van der Waals surface area contributed by atoms with Gasteiger partial charge in [0, 0.05) is 16.7 Å². The zero-order valence-electron chi connectivity index (χ0n) is 14.1. The van der Waals surface area contributed by atoms with Gasteiger partial charge in [-0.15, -0.1) is 10.2 Å². The normalized spacial score (nSPS) is 10.5. The molecule has 1 aromatic heterocycles. The van der Waals surface area contributed by atoms with Crippen molar-refractivity contribution in [3.05, 3.63) is 64.9 Å². The third-order valence-electron chi connectivity index (χ3n) is 3.58. The van der Waals surface area contributed by atoms with Gasteiger partial charge in [0.1, 0.15) is 12.1 Å². The molecule has 0 aliphatic rings. The van der Waals surface area contributed by atoms with Crippen molar-refractivity contribution in [3.63, 3.8) is 0 Å². The summed E-state index contributed by atoms with van der Waals surface area (Å²) < 4.78 is 8.00. The van der Waals surface area contributed by atoms with Crippen molar-refractivity contribution < 1.29 is 9.53 Å². The molecule has 1 heterocycles. The van der Waals surface area contributed by atoms with Crippen LogP contribution in [-0.2, 0) is 11.3 Å². The number of rotatable bonds is 7. The molecule has 0 atom stereocenters. The monoisotopic (exact) mass is 432 g/mol. The van der Waals surface area contributed by atoms with Gasteiger partial charge in [0.25, 0.3) is 0 Å². The highest BCUT2D eigenvalue weighted by atomic mass is 79.9. The maximum Gasteiger partial charge on any atom is 0.230 e. The van der Waals surface area contributed by atoms with Crippen LogP contribution in [0.2, 0.25) is 0 Å². The van der Waals surface area contributed by atoms with Crippen molar-refractivity contribution in [3.8, 4) is 11.4 Å². The zero-order valence-corrected chi connectivity index (χ0v) is 16.5. The quantitative estimate of drug-likeness (QED) is 0.579. The number of nitrogens with one attached hydrogen (secondary N) is 1. The van der Waals surface area contributed by atoms with Gasteiger partial charge in [-0.3, -0.25) is 9.36 Å². The SMILES string of the molecule is COc1ccc(-n2cnnc2SCC(=O)NCc2cccc(Br)c2)cc1. The van der Waals surface area contributed by atoms with Gasteiger partial charge in [-0.2, -0.15) is 0 Å². The molecule has 0 unspecified atom stereocenters. The van der Waals surface area contributed by atoms with Gasteiger partial charge in [-0.05, 0) is 42.0 Å². The summed E-state index contributed by atoms with van der Waals surface area (Å²) in [6, 6.07) is 15.4. The number of thioether (sulfide) groups is 1. The smallest absolute Gasteiger partial charge is 0.230 e. The van der Waals surface area contributed by atoms with E-state index in [0.29, 0.717) is 11.7 Å². The molecule has 3 rings (SSSR count). The third-order valence-corrected chi connectivity index (χ3v) is 5.01. The number of methoxy groups -OCH3 is 1. The summed E-state index contributed by atoms with van der Waals surface area (Å²) in [6.07, 6.45) is 1.63. The van der Waals surface area contributed by atoms with Gasteiger partial charge < -0.3 is 10.1 Å². The first-order valence-electron chi connectivity index (χ1n) is 7.84. The number of carbonyl (C=O) groups excluding carboxylic acids is 1. The lowest BCUT2D eigenvalue weighted by Gasteiger charge is -2.08. The Morgan fingerprint density at radius 3 is 2.81 bits per heavy atom. The van der Waals surface area contributed by atoms with Gasteiger partial charge in [-0.25, -0.2) is 0 Å². The number of hydrogen-bond donors (Lipinski definition) is 1. The second-order valence-corrected chi connectivity index (χ2v) is 7.24. The molecule has 3 aromatic rings. The molecule has 0 saturated carbocycles. The summed E-state index contributed by atoms with van der Waals surface area (Å²) in [6.45, 7) is 0.490. The van der Waals surface area contributed by atoms with Gasteiger partial charge in [-0.1, -0.05) is 39.8 Å². The molecule has 2 aromatic carbocycles. The fraction of sp³-hybridized carbons (Fsp3) is 0.167. The molecular formula is C18H17BrN4O2S. The van der Waals surface area contributed by atoms with Crippen molar-refractivity contribution in [1.82, 2.24) is 20.1 Å². The van der Waals surface area contributed by atoms with Crippen molar-refractivity contribution >= 4 is 33.6 Å². The van der Waals surface area contributed by atoms with E-state index in [0.717, 1.165) is 21.5 Å². The molecular weight excluding hydrogens is 416 g/mol. The van der Waals surface area contributed by atoms with Crippen LogP contribution in [0.4, 0.5) is 0 Å². The van der Waals surface area contributed by atoms with Gasteiger partial charge in [0.15, 0.2) is 5.16 Å². The Bertz CT molecular complexity index is 883. The molecule has 0 spiro atoms. The summed E-state index contributed by atoms with van der Waals surface area (Å²) in [5.74, 6) is 0.991. The van der Waals surface area contributed by atoms with Crippen LogP contribution >= 0.6 is 27.7 Å². The molecule has 1 N–H and O–H groups in total. The molecule has 0 radical (unpaired) electrons. The molecule has 0 fully saturated rings. The lowest BCUT2D eigenvalue weighted by molar-refractivity contribution is -0.118. The molecule has 0 aliphatic heterocycles. The number of hydrogen-bond acceptors (Lipinski definition) is 5. The van der Waals surface area contributed by atoms with Crippen molar-refractivity contribution in [2.45, 2.75) is 11.7 Å². The van der Waals surface area contributed by atoms with E-state index >= 15 is 0 Å².